The minimum Gasteiger partial charge on any atom is -0.337 e. The molecule has 0 bridgehead atoms. The van der Waals surface area contributed by atoms with Crippen LogP contribution in [0.3, 0.4) is 0 Å². The van der Waals surface area contributed by atoms with Gasteiger partial charge in [0.15, 0.2) is 0 Å². The molecule has 0 saturated heterocycles. The fourth-order valence-corrected chi connectivity index (χ4v) is 4.34. The summed E-state index contributed by atoms with van der Waals surface area (Å²) >= 11 is 0. The first-order chi connectivity index (χ1) is 15.1. The van der Waals surface area contributed by atoms with Crippen molar-refractivity contribution in [1.82, 2.24) is 24.2 Å². The maximum atomic E-state index is 13.1. The van der Waals surface area contributed by atoms with Gasteiger partial charge in [-0.15, -0.1) is 0 Å². The second-order valence-corrected chi connectivity index (χ2v) is 7.98. The summed E-state index contributed by atoms with van der Waals surface area (Å²) in [5.41, 5.74) is 4.05. The van der Waals surface area contributed by atoms with E-state index in [0.29, 0.717) is 30.5 Å². The van der Waals surface area contributed by atoms with Crippen molar-refractivity contribution in [2.75, 3.05) is 6.54 Å². The largest absolute Gasteiger partial charge is 0.337 e. The number of hydrogen-bond donors (Lipinski definition) is 0. The molecule has 3 heterocycles. The number of benzene rings is 2. The zero-order chi connectivity index (χ0) is 21.4. The summed E-state index contributed by atoms with van der Waals surface area (Å²) in [6.07, 6.45) is 5.66. The lowest BCUT2D eigenvalue weighted by Gasteiger charge is -2.34. The molecule has 0 fully saturated rings. The van der Waals surface area contributed by atoms with Crippen molar-refractivity contribution < 1.29 is 4.79 Å². The number of carbonyl (C=O) groups is 1. The van der Waals surface area contributed by atoms with Crippen LogP contribution >= 0.6 is 0 Å². The standard InChI is InChI=1S/C24H23N5O2/c1-27-13-18(12-26-27)21-15-29(14-17-6-2-3-7-19(17)21)23(30)10-11-28-16-25-22-9-5-4-8-20(22)24(28)31/h2-9,12-13,16,21H,10-11,14-15H2,1H3. The normalized spacial score (nSPS) is 15.8. The lowest BCUT2D eigenvalue weighted by Crippen LogP contribution is -2.39. The Kier molecular flexibility index (Phi) is 4.86. The number of rotatable bonds is 4. The molecule has 5 rings (SSSR count). The molecule has 0 saturated carbocycles. The number of carbonyl (C=O) groups excluding carboxylic acids is 1. The number of nitrogens with zero attached hydrogens (tertiary/aromatic N) is 5. The van der Waals surface area contributed by atoms with Crippen molar-refractivity contribution in [1.29, 1.82) is 0 Å². The Morgan fingerprint density at radius 1 is 1.13 bits per heavy atom. The highest BCUT2D eigenvalue weighted by Crippen LogP contribution is 2.33. The molecular weight excluding hydrogens is 390 g/mol. The van der Waals surface area contributed by atoms with Crippen LogP contribution in [0.2, 0.25) is 0 Å². The predicted octanol–water partition coefficient (Wildman–Crippen LogP) is 2.69. The van der Waals surface area contributed by atoms with Gasteiger partial charge in [-0.1, -0.05) is 36.4 Å². The summed E-state index contributed by atoms with van der Waals surface area (Å²) in [4.78, 5) is 32.1. The van der Waals surface area contributed by atoms with Gasteiger partial charge in [-0.2, -0.15) is 5.10 Å². The summed E-state index contributed by atoms with van der Waals surface area (Å²) in [5.74, 6) is 0.121. The Bertz CT molecular complexity index is 1320. The zero-order valence-electron chi connectivity index (χ0n) is 17.3. The van der Waals surface area contributed by atoms with Crippen LogP contribution in [0, 0.1) is 0 Å². The minimum atomic E-state index is -0.115. The Morgan fingerprint density at radius 2 is 1.94 bits per heavy atom. The fraction of sp³-hybridized carbons (Fsp3) is 0.250. The number of fused-ring (bicyclic) bond motifs is 2. The van der Waals surface area contributed by atoms with Gasteiger partial charge in [-0.25, -0.2) is 4.98 Å². The molecule has 4 aromatic rings. The van der Waals surface area contributed by atoms with Crippen molar-refractivity contribution in [3.05, 3.63) is 94.3 Å². The van der Waals surface area contributed by atoms with E-state index in [-0.39, 0.29) is 23.8 Å². The van der Waals surface area contributed by atoms with E-state index in [4.69, 9.17) is 0 Å². The average molecular weight is 413 g/mol. The highest BCUT2D eigenvalue weighted by atomic mass is 16.2. The van der Waals surface area contributed by atoms with Crippen molar-refractivity contribution in [2.45, 2.75) is 25.4 Å². The topological polar surface area (TPSA) is 73.0 Å². The molecule has 0 radical (unpaired) electrons. The Morgan fingerprint density at radius 3 is 2.77 bits per heavy atom. The second-order valence-electron chi connectivity index (χ2n) is 7.98. The third-order valence-corrected chi connectivity index (χ3v) is 5.97. The molecule has 1 unspecified atom stereocenters. The van der Waals surface area contributed by atoms with Gasteiger partial charge >= 0.3 is 0 Å². The summed E-state index contributed by atoms with van der Waals surface area (Å²) < 4.78 is 3.31. The molecule has 0 N–H and O–H groups in total. The average Bonchev–Trinajstić information content (AvgIpc) is 3.24. The van der Waals surface area contributed by atoms with E-state index in [9.17, 15) is 9.59 Å². The Labute approximate surface area is 179 Å². The molecule has 31 heavy (non-hydrogen) atoms. The zero-order valence-corrected chi connectivity index (χ0v) is 17.3. The summed E-state index contributed by atoms with van der Waals surface area (Å²) in [5, 5.41) is 4.88. The van der Waals surface area contributed by atoms with E-state index in [1.165, 1.54) is 16.5 Å². The van der Waals surface area contributed by atoms with Gasteiger partial charge in [0.25, 0.3) is 5.56 Å². The third-order valence-electron chi connectivity index (χ3n) is 5.97. The lowest BCUT2D eigenvalue weighted by molar-refractivity contribution is -0.132. The highest BCUT2D eigenvalue weighted by molar-refractivity contribution is 5.78. The summed E-state index contributed by atoms with van der Waals surface area (Å²) in [6.45, 7) is 1.49. The number of para-hydroxylation sites is 1. The number of hydrogen-bond acceptors (Lipinski definition) is 4. The van der Waals surface area contributed by atoms with Crippen LogP contribution in [0.4, 0.5) is 0 Å². The molecule has 0 aliphatic carbocycles. The molecule has 2 aromatic heterocycles. The van der Waals surface area contributed by atoms with Crippen LogP contribution in [-0.4, -0.2) is 36.7 Å². The van der Waals surface area contributed by atoms with Crippen molar-refractivity contribution in [2.24, 2.45) is 7.05 Å². The molecule has 156 valence electrons. The van der Waals surface area contributed by atoms with Gasteiger partial charge in [0.05, 0.1) is 23.4 Å². The Balaban J connectivity index is 1.36. The van der Waals surface area contributed by atoms with Crippen molar-refractivity contribution >= 4 is 16.8 Å². The third kappa shape index (κ3) is 3.63. The molecule has 7 heteroatoms. The number of aromatic nitrogens is 4. The number of aryl methyl sites for hydroxylation is 2. The van der Waals surface area contributed by atoms with Gasteiger partial charge in [0, 0.05) is 45.2 Å². The van der Waals surface area contributed by atoms with Crippen LogP contribution < -0.4 is 5.56 Å². The van der Waals surface area contributed by atoms with Crippen LogP contribution in [0.25, 0.3) is 10.9 Å². The maximum Gasteiger partial charge on any atom is 0.261 e. The molecular formula is C24H23N5O2. The van der Waals surface area contributed by atoms with E-state index in [0.717, 1.165) is 11.1 Å². The van der Waals surface area contributed by atoms with Crippen LogP contribution in [0.5, 0.6) is 0 Å². The smallest absolute Gasteiger partial charge is 0.261 e. The van der Waals surface area contributed by atoms with Gasteiger partial charge in [0.2, 0.25) is 5.91 Å². The molecule has 1 atom stereocenters. The molecule has 1 amide bonds. The molecule has 1 aliphatic rings. The van der Waals surface area contributed by atoms with Gasteiger partial charge in [0.1, 0.15) is 0 Å². The Hall–Kier alpha value is -3.74. The van der Waals surface area contributed by atoms with Crippen LogP contribution in [0.1, 0.15) is 29.0 Å². The van der Waals surface area contributed by atoms with E-state index < -0.39 is 0 Å². The quantitative estimate of drug-likeness (QED) is 0.516. The molecule has 2 aromatic carbocycles. The maximum absolute atomic E-state index is 13.1. The first kappa shape index (κ1) is 19.2. The van der Waals surface area contributed by atoms with Gasteiger partial charge in [-0.05, 0) is 28.8 Å². The lowest BCUT2D eigenvalue weighted by atomic mass is 9.86. The van der Waals surface area contributed by atoms with E-state index >= 15 is 0 Å². The molecule has 7 nitrogen and oxygen atoms in total. The fourth-order valence-electron chi connectivity index (χ4n) is 4.34. The van der Waals surface area contributed by atoms with Crippen molar-refractivity contribution in [3.63, 3.8) is 0 Å². The van der Waals surface area contributed by atoms with E-state index in [2.05, 4.69) is 22.2 Å². The second kappa shape index (κ2) is 7.83. The predicted molar refractivity (Wildman–Crippen MR) is 118 cm³/mol. The van der Waals surface area contributed by atoms with Gasteiger partial charge < -0.3 is 4.90 Å². The minimum absolute atomic E-state index is 0.0310. The first-order valence-electron chi connectivity index (χ1n) is 10.4. The van der Waals surface area contributed by atoms with E-state index in [1.54, 1.807) is 10.7 Å². The molecule has 1 aliphatic heterocycles. The monoisotopic (exact) mass is 413 g/mol. The summed E-state index contributed by atoms with van der Waals surface area (Å²) in [7, 11) is 1.90. The SMILES string of the molecule is Cn1cc(C2CN(C(=O)CCn3cnc4ccccc4c3=O)Cc3ccccc32)cn1. The summed E-state index contributed by atoms with van der Waals surface area (Å²) in [6, 6.07) is 15.5. The molecule has 0 spiro atoms. The van der Waals surface area contributed by atoms with E-state index in [1.807, 2.05) is 54.7 Å². The number of amides is 1. The van der Waals surface area contributed by atoms with Crippen molar-refractivity contribution in [3.8, 4) is 0 Å². The van der Waals surface area contributed by atoms with Crippen LogP contribution in [0.15, 0.2) is 72.0 Å². The van der Waals surface area contributed by atoms with Gasteiger partial charge in [-0.3, -0.25) is 18.8 Å². The highest BCUT2D eigenvalue weighted by Gasteiger charge is 2.29. The van der Waals surface area contributed by atoms with Crippen LogP contribution in [-0.2, 0) is 24.9 Å². The first-order valence-corrected chi connectivity index (χ1v) is 10.4.